The van der Waals surface area contributed by atoms with Crippen LogP contribution in [0.4, 0.5) is 0 Å². The van der Waals surface area contributed by atoms with E-state index < -0.39 is 0 Å². The van der Waals surface area contributed by atoms with Gasteiger partial charge in [-0.25, -0.2) is 0 Å². The highest BCUT2D eigenvalue weighted by Gasteiger charge is 2.42. The van der Waals surface area contributed by atoms with Crippen LogP contribution in [0.3, 0.4) is 0 Å². The van der Waals surface area contributed by atoms with E-state index in [-0.39, 0.29) is 0 Å². The van der Waals surface area contributed by atoms with Gasteiger partial charge in [0.2, 0.25) is 0 Å². The van der Waals surface area contributed by atoms with Crippen molar-refractivity contribution < 1.29 is 0 Å². The van der Waals surface area contributed by atoms with Crippen molar-refractivity contribution in [3.63, 3.8) is 0 Å². The number of aromatic nitrogens is 2. The molecule has 2 aromatic rings. The van der Waals surface area contributed by atoms with Gasteiger partial charge in [-0.15, -0.1) is 0 Å². The first-order chi connectivity index (χ1) is 8.78. The molecule has 0 atom stereocenters. The van der Waals surface area contributed by atoms with Gasteiger partial charge in [0.15, 0.2) is 0 Å². The molecule has 3 nitrogen and oxygen atoms in total. The molecule has 1 fully saturated rings. The molecule has 3 heteroatoms. The summed E-state index contributed by atoms with van der Waals surface area (Å²) in [5.74, 6) is 0. The van der Waals surface area contributed by atoms with Gasteiger partial charge in [-0.05, 0) is 44.7 Å². The number of nitrogens with zero attached hydrogens (tertiary/aromatic N) is 2. The van der Waals surface area contributed by atoms with E-state index in [0.29, 0.717) is 5.41 Å². The molecule has 18 heavy (non-hydrogen) atoms. The van der Waals surface area contributed by atoms with Gasteiger partial charge >= 0.3 is 0 Å². The molecule has 1 saturated carbocycles. The van der Waals surface area contributed by atoms with Crippen LogP contribution in [0.5, 0.6) is 0 Å². The number of hydrogen-bond donors (Lipinski definition) is 1. The molecule has 1 aliphatic carbocycles. The van der Waals surface area contributed by atoms with Gasteiger partial charge in [0.05, 0.1) is 11.2 Å². The molecule has 0 spiro atoms. The number of nitrogens with one attached hydrogen (secondary N) is 1. The molecule has 1 aromatic heterocycles. The van der Waals surface area contributed by atoms with E-state index in [2.05, 4.69) is 41.2 Å². The van der Waals surface area contributed by atoms with E-state index in [0.717, 1.165) is 19.5 Å². The second kappa shape index (κ2) is 4.39. The molecule has 1 heterocycles. The Morgan fingerprint density at radius 1 is 1.33 bits per heavy atom. The number of aryl methyl sites for hydroxylation is 1. The smallest absolute Gasteiger partial charge is 0.0709 e. The highest BCUT2D eigenvalue weighted by molar-refractivity contribution is 5.82. The number of fused-ring (bicyclic) bond motifs is 1. The van der Waals surface area contributed by atoms with Crippen LogP contribution in [0, 0.1) is 5.41 Å². The third-order valence-corrected chi connectivity index (χ3v) is 4.09. The average Bonchev–Trinajstić information content (AvgIpc) is 3.05. The van der Waals surface area contributed by atoms with Crippen LogP contribution >= 0.6 is 0 Å². The Hall–Kier alpha value is -1.35. The van der Waals surface area contributed by atoms with E-state index in [1.165, 1.54) is 29.4 Å². The Bertz CT molecular complexity index is 552. The average molecular weight is 243 g/mol. The topological polar surface area (TPSA) is 29.9 Å². The van der Waals surface area contributed by atoms with Gasteiger partial charge in [0.1, 0.15) is 0 Å². The molecular formula is C15H21N3. The molecule has 0 saturated heterocycles. The predicted molar refractivity (Wildman–Crippen MR) is 74.7 cm³/mol. The Morgan fingerprint density at radius 2 is 2.11 bits per heavy atom. The fourth-order valence-corrected chi connectivity index (χ4v) is 2.89. The molecule has 0 radical (unpaired) electrons. The Balaban J connectivity index is 1.97. The summed E-state index contributed by atoms with van der Waals surface area (Å²) in [5.41, 5.74) is 3.03. The lowest BCUT2D eigenvalue weighted by Gasteiger charge is -2.12. The summed E-state index contributed by atoms with van der Waals surface area (Å²) in [5, 5.41) is 9.46. The normalized spacial score (nSPS) is 17.2. The lowest BCUT2D eigenvalue weighted by atomic mass is 9.98. The molecule has 3 rings (SSSR count). The van der Waals surface area contributed by atoms with Crippen molar-refractivity contribution >= 4 is 10.9 Å². The largest absolute Gasteiger partial charge is 0.319 e. The number of para-hydroxylation sites is 1. The van der Waals surface area contributed by atoms with E-state index in [4.69, 9.17) is 5.10 Å². The number of hydrogen-bond acceptors (Lipinski definition) is 2. The van der Waals surface area contributed by atoms with Crippen LogP contribution in [0.25, 0.3) is 10.9 Å². The zero-order valence-corrected chi connectivity index (χ0v) is 11.2. The van der Waals surface area contributed by atoms with Gasteiger partial charge in [0.25, 0.3) is 0 Å². The fraction of sp³-hybridized carbons (Fsp3) is 0.533. The lowest BCUT2D eigenvalue weighted by Crippen LogP contribution is -2.22. The SMILES string of the molecule is CCn1nc(CC2(CNC)CC2)c2ccccc21. The van der Waals surface area contributed by atoms with E-state index in [1.807, 2.05) is 7.05 Å². The third-order valence-electron chi connectivity index (χ3n) is 4.09. The maximum absolute atomic E-state index is 4.80. The molecule has 96 valence electrons. The molecule has 1 aromatic carbocycles. The minimum Gasteiger partial charge on any atom is -0.319 e. The first-order valence-electron chi connectivity index (χ1n) is 6.87. The minimum atomic E-state index is 0.477. The summed E-state index contributed by atoms with van der Waals surface area (Å²) >= 11 is 0. The highest BCUT2D eigenvalue weighted by Crippen LogP contribution is 2.48. The van der Waals surface area contributed by atoms with Crippen molar-refractivity contribution in [3.8, 4) is 0 Å². The molecule has 0 unspecified atom stereocenters. The second-order valence-corrected chi connectivity index (χ2v) is 5.49. The van der Waals surface area contributed by atoms with Crippen molar-refractivity contribution in [3.05, 3.63) is 30.0 Å². The molecule has 1 N–H and O–H groups in total. The van der Waals surface area contributed by atoms with Gasteiger partial charge in [-0.3, -0.25) is 4.68 Å². The minimum absolute atomic E-state index is 0.477. The molecule has 0 aliphatic heterocycles. The second-order valence-electron chi connectivity index (χ2n) is 5.49. The zero-order valence-electron chi connectivity index (χ0n) is 11.2. The van der Waals surface area contributed by atoms with Crippen LogP contribution in [-0.4, -0.2) is 23.4 Å². The summed E-state index contributed by atoms with van der Waals surface area (Å²) in [6.07, 6.45) is 3.78. The first-order valence-corrected chi connectivity index (χ1v) is 6.87. The third kappa shape index (κ3) is 1.93. The van der Waals surface area contributed by atoms with Crippen LogP contribution in [0.15, 0.2) is 24.3 Å². The Morgan fingerprint density at radius 3 is 2.78 bits per heavy atom. The van der Waals surface area contributed by atoms with Crippen LogP contribution < -0.4 is 5.32 Å². The quantitative estimate of drug-likeness (QED) is 0.874. The highest BCUT2D eigenvalue weighted by atomic mass is 15.3. The summed E-state index contributed by atoms with van der Waals surface area (Å²) in [4.78, 5) is 0. The number of benzene rings is 1. The predicted octanol–water partition coefficient (Wildman–Crippen LogP) is 2.60. The van der Waals surface area contributed by atoms with Gasteiger partial charge in [-0.1, -0.05) is 18.2 Å². The summed E-state index contributed by atoms with van der Waals surface area (Å²) in [7, 11) is 2.04. The Kier molecular flexibility index (Phi) is 2.86. The van der Waals surface area contributed by atoms with Gasteiger partial charge in [-0.2, -0.15) is 5.10 Å². The summed E-state index contributed by atoms with van der Waals surface area (Å²) in [6.45, 7) is 4.21. The number of rotatable bonds is 5. The maximum Gasteiger partial charge on any atom is 0.0709 e. The standard InChI is InChI=1S/C15H21N3/c1-3-18-14-7-5-4-6-12(14)13(17-18)10-15(8-9-15)11-16-2/h4-7,16H,3,8-11H2,1-2H3. The first kappa shape index (κ1) is 11.7. The van der Waals surface area contributed by atoms with Crippen LogP contribution in [0.1, 0.15) is 25.5 Å². The summed E-state index contributed by atoms with van der Waals surface area (Å²) in [6, 6.07) is 8.60. The molecular weight excluding hydrogens is 222 g/mol. The van der Waals surface area contributed by atoms with Crippen molar-refractivity contribution in [1.82, 2.24) is 15.1 Å². The van der Waals surface area contributed by atoms with Crippen LogP contribution in [0.2, 0.25) is 0 Å². The monoisotopic (exact) mass is 243 g/mol. The zero-order chi connectivity index (χ0) is 12.6. The van der Waals surface area contributed by atoms with Crippen molar-refractivity contribution in [2.45, 2.75) is 32.7 Å². The molecule has 0 amide bonds. The van der Waals surface area contributed by atoms with Crippen molar-refractivity contribution in [2.24, 2.45) is 5.41 Å². The lowest BCUT2D eigenvalue weighted by molar-refractivity contribution is 0.470. The molecule has 0 bridgehead atoms. The molecule has 1 aliphatic rings. The summed E-state index contributed by atoms with van der Waals surface area (Å²) < 4.78 is 2.13. The maximum atomic E-state index is 4.80. The van der Waals surface area contributed by atoms with E-state index in [1.54, 1.807) is 0 Å². The van der Waals surface area contributed by atoms with E-state index >= 15 is 0 Å². The van der Waals surface area contributed by atoms with E-state index in [9.17, 15) is 0 Å². The van der Waals surface area contributed by atoms with Gasteiger partial charge < -0.3 is 5.32 Å². The van der Waals surface area contributed by atoms with Crippen molar-refractivity contribution in [1.29, 1.82) is 0 Å². The van der Waals surface area contributed by atoms with Crippen LogP contribution in [-0.2, 0) is 13.0 Å². The van der Waals surface area contributed by atoms with Gasteiger partial charge in [0, 0.05) is 18.5 Å². The van der Waals surface area contributed by atoms with Crippen molar-refractivity contribution in [2.75, 3.05) is 13.6 Å². The Labute approximate surface area is 108 Å². The fourth-order valence-electron chi connectivity index (χ4n) is 2.89.